The van der Waals surface area contributed by atoms with Gasteiger partial charge in [0.1, 0.15) is 5.82 Å². The minimum Gasteiger partial charge on any atom is -0.292 e. The lowest BCUT2D eigenvalue weighted by molar-refractivity contribution is 0.140. The van der Waals surface area contributed by atoms with Gasteiger partial charge in [0.25, 0.3) is 10.0 Å². The summed E-state index contributed by atoms with van der Waals surface area (Å²) in [5, 5.41) is 0.382. The Hall–Kier alpha value is -2.48. The molecule has 0 bridgehead atoms. The van der Waals surface area contributed by atoms with Crippen molar-refractivity contribution in [3.63, 3.8) is 0 Å². The molecule has 5 nitrogen and oxygen atoms in total. The third-order valence-electron chi connectivity index (χ3n) is 5.46. The number of pyridine rings is 1. The molecule has 0 saturated carbocycles. The quantitative estimate of drug-likeness (QED) is 0.501. The highest BCUT2D eigenvalue weighted by atomic mass is 35.5. The topological polar surface area (TPSA) is 62.3 Å². The number of anilines is 1. The standard InChI is InChI=1S/C23H23ClFN3O2S/c24-20-15-19(31(29,30)27-23-11-6-10-22(25)26-23)13-12-18(20)16-28-14-5-4-9-21(28)17-7-2-1-3-8-17/h1-3,6-8,10-13,15,21H,4-5,9,14,16H2,(H,26,27)/t21-/m0/s1. The Labute approximate surface area is 186 Å². The lowest BCUT2D eigenvalue weighted by Crippen LogP contribution is -2.33. The zero-order valence-corrected chi connectivity index (χ0v) is 18.4. The summed E-state index contributed by atoms with van der Waals surface area (Å²) in [6.45, 7) is 1.60. The van der Waals surface area contributed by atoms with E-state index in [0.717, 1.165) is 31.0 Å². The SMILES string of the molecule is O=S(=O)(Nc1cccc(F)n1)c1ccc(CN2CCCC[C@H]2c2ccccc2)c(Cl)c1. The highest BCUT2D eigenvalue weighted by molar-refractivity contribution is 7.92. The van der Waals surface area contributed by atoms with Gasteiger partial charge in [-0.15, -0.1) is 0 Å². The van der Waals surface area contributed by atoms with Crippen LogP contribution in [0.4, 0.5) is 10.2 Å². The summed E-state index contributed by atoms with van der Waals surface area (Å²) in [5.74, 6) is -0.845. The van der Waals surface area contributed by atoms with Crippen LogP contribution in [-0.4, -0.2) is 24.8 Å². The molecule has 0 amide bonds. The summed E-state index contributed by atoms with van der Waals surface area (Å²) in [7, 11) is -3.93. The van der Waals surface area contributed by atoms with Gasteiger partial charge in [0.2, 0.25) is 5.95 Å². The van der Waals surface area contributed by atoms with Crippen LogP contribution in [0.15, 0.2) is 71.6 Å². The molecule has 0 radical (unpaired) electrons. The lowest BCUT2D eigenvalue weighted by atomic mass is 9.94. The van der Waals surface area contributed by atoms with Crippen molar-refractivity contribution in [2.24, 2.45) is 0 Å². The van der Waals surface area contributed by atoms with E-state index in [1.54, 1.807) is 6.07 Å². The van der Waals surface area contributed by atoms with E-state index in [9.17, 15) is 12.8 Å². The Morgan fingerprint density at radius 2 is 1.87 bits per heavy atom. The zero-order chi connectivity index (χ0) is 21.8. The van der Waals surface area contributed by atoms with Crippen molar-refractivity contribution in [2.75, 3.05) is 11.3 Å². The van der Waals surface area contributed by atoms with Crippen LogP contribution in [0.25, 0.3) is 0 Å². The molecular weight excluding hydrogens is 437 g/mol. The predicted octanol–water partition coefficient (Wildman–Crippen LogP) is 5.40. The third-order valence-corrected chi connectivity index (χ3v) is 7.16. The molecule has 4 rings (SSSR count). The summed E-state index contributed by atoms with van der Waals surface area (Å²) >= 11 is 6.48. The molecule has 3 aromatic rings. The number of sulfonamides is 1. The van der Waals surface area contributed by atoms with Crippen molar-refractivity contribution in [2.45, 2.75) is 36.7 Å². The van der Waals surface area contributed by atoms with E-state index in [2.05, 4.69) is 38.9 Å². The summed E-state index contributed by atoms with van der Waals surface area (Å²) < 4.78 is 40.9. The number of rotatable bonds is 6. The molecule has 8 heteroatoms. The molecule has 0 spiro atoms. The van der Waals surface area contributed by atoms with Crippen molar-refractivity contribution in [3.8, 4) is 0 Å². The molecule has 1 atom stereocenters. The molecule has 1 N–H and O–H groups in total. The van der Waals surface area contributed by atoms with Crippen LogP contribution in [0.3, 0.4) is 0 Å². The van der Waals surface area contributed by atoms with Crippen LogP contribution >= 0.6 is 11.6 Å². The average molecular weight is 460 g/mol. The Balaban J connectivity index is 1.53. The van der Waals surface area contributed by atoms with Gasteiger partial charge in [-0.3, -0.25) is 9.62 Å². The van der Waals surface area contributed by atoms with Crippen LogP contribution in [0.1, 0.15) is 36.4 Å². The largest absolute Gasteiger partial charge is 0.292 e. The van der Waals surface area contributed by atoms with E-state index in [1.165, 1.54) is 36.2 Å². The van der Waals surface area contributed by atoms with Gasteiger partial charge in [0, 0.05) is 17.6 Å². The number of benzene rings is 2. The summed E-state index contributed by atoms with van der Waals surface area (Å²) in [5.41, 5.74) is 2.15. The monoisotopic (exact) mass is 459 g/mol. The Morgan fingerprint density at radius 3 is 2.61 bits per heavy atom. The van der Waals surface area contributed by atoms with E-state index < -0.39 is 16.0 Å². The molecule has 1 aliphatic heterocycles. The molecule has 1 saturated heterocycles. The highest BCUT2D eigenvalue weighted by Crippen LogP contribution is 2.33. The van der Waals surface area contributed by atoms with Crippen LogP contribution in [0, 0.1) is 5.95 Å². The zero-order valence-electron chi connectivity index (χ0n) is 16.8. The van der Waals surface area contributed by atoms with E-state index in [-0.39, 0.29) is 10.7 Å². The number of hydrogen-bond acceptors (Lipinski definition) is 4. The fraction of sp³-hybridized carbons (Fsp3) is 0.261. The molecule has 0 aliphatic carbocycles. The Morgan fingerprint density at radius 1 is 1.06 bits per heavy atom. The predicted molar refractivity (Wildman–Crippen MR) is 120 cm³/mol. The van der Waals surface area contributed by atoms with Crippen molar-refractivity contribution in [1.82, 2.24) is 9.88 Å². The Kier molecular flexibility index (Phi) is 6.55. The van der Waals surface area contributed by atoms with E-state index in [0.29, 0.717) is 17.6 Å². The van der Waals surface area contributed by atoms with Gasteiger partial charge in [-0.2, -0.15) is 4.39 Å². The van der Waals surface area contributed by atoms with Crippen LogP contribution in [-0.2, 0) is 16.6 Å². The van der Waals surface area contributed by atoms with Gasteiger partial charge in [-0.1, -0.05) is 60.5 Å². The number of piperidine rings is 1. The van der Waals surface area contributed by atoms with E-state index in [4.69, 9.17) is 11.6 Å². The molecule has 31 heavy (non-hydrogen) atoms. The highest BCUT2D eigenvalue weighted by Gasteiger charge is 2.25. The van der Waals surface area contributed by atoms with Crippen molar-refractivity contribution in [1.29, 1.82) is 0 Å². The first-order valence-electron chi connectivity index (χ1n) is 10.2. The molecule has 0 unspecified atom stereocenters. The molecule has 1 aliphatic rings. The first-order valence-corrected chi connectivity index (χ1v) is 12.0. The second-order valence-corrected chi connectivity index (χ2v) is 9.69. The number of aromatic nitrogens is 1. The first kappa shape index (κ1) is 21.7. The number of likely N-dealkylation sites (tertiary alicyclic amines) is 1. The second kappa shape index (κ2) is 9.34. The van der Waals surface area contributed by atoms with Crippen LogP contribution in [0.5, 0.6) is 0 Å². The van der Waals surface area contributed by atoms with Gasteiger partial charge in [-0.05, 0) is 54.8 Å². The molecule has 1 fully saturated rings. The Bertz CT molecular complexity index is 1160. The lowest BCUT2D eigenvalue weighted by Gasteiger charge is -2.36. The maximum absolute atomic E-state index is 13.3. The second-order valence-electron chi connectivity index (χ2n) is 7.60. The summed E-state index contributed by atoms with van der Waals surface area (Å²) in [6, 6.07) is 19.3. The maximum atomic E-state index is 13.3. The minimum atomic E-state index is -3.93. The van der Waals surface area contributed by atoms with Gasteiger partial charge >= 0.3 is 0 Å². The molecule has 2 aromatic carbocycles. The minimum absolute atomic E-state index is 0.00515. The fourth-order valence-corrected chi connectivity index (χ4v) is 5.27. The number of hydrogen-bond donors (Lipinski definition) is 1. The van der Waals surface area contributed by atoms with Gasteiger partial charge in [0.05, 0.1) is 4.90 Å². The number of nitrogens with one attached hydrogen (secondary N) is 1. The molecular formula is C23H23ClFN3O2S. The fourth-order valence-electron chi connectivity index (χ4n) is 3.94. The maximum Gasteiger partial charge on any atom is 0.263 e. The van der Waals surface area contributed by atoms with Gasteiger partial charge in [0.15, 0.2) is 0 Å². The summed E-state index contributed by atoms with van der Waals surface area (Å²) in [6.07, 6.45) is 3.39. The molecule has 1 aromatic heterocycles. The van der Waals surface area contributed by atoms with Crippen LogP contribution < -0.4 is 4.72 Å². The van der Waals surface area contributed by atoms with Crippen molar-refractivity contribution < 1.29 is 12.8 Å². The van der Waals surface area contributed by atoms with Crippen LogP contribution in [0.2, 0.25) is 5.02 Å². The van der Waals surface area contributed by atoms with E-state index in [1.807, 2.05) is 6.07 Å². The van der Waals surface area contributed by atoms with Gasteiger partial charge < -0.3 is 0 Å². The number of halogens is 2. The third kappa shape index (κ3) is 5.23. The summed E-state index contributed by atoms with van der Waals surface area (Å²) in [4.78, 5) is 5.94. The molecule has 2 heterocycles. The van der Waals surface area contributed by atoms with Crippen molar-refractivity contribution >= 4 is 27.4 Å². The first-order chi connectivity index (χ1) is 14.9. The number of nitrogens with zero attached hydrogens (tertiary/aromatic N) is 2. The van der Waals surface area contributed by atoms with E-state index >= 15 is 0 Å². The normalized spacial score (nSPS) is 17.4. The van der Waals surface area contributed by atoms with Crippen molar-refractivity contribution in [3.05, 3.63) is 88.8 Å². The molecule has 162 valence electrons. The average Bonchev–Trinajstić information content (AvgIpc) is 2.76. The smallest absolute Gasteiger partial charge is 0.263 e. The van der Waals surface area contributed by atoms with Gasteiger partial charge in [-0.25, -0.2) is 13.4 Å².